The molecule has 2 aliphatic rings. The lowest BCUT2D eigenvalue weighted by atomic mass is 9.97. The van der Waals surface area contributed by atoms with Gasteiger partial charge in [-0.1, -0.05) is 12.1 Å². The highest BCUT2D eigenvalue weighted by molar-refractivity contribution is 8.03. The van der Waals surface area contributed by atoms with Crippen LogP contribution in [0.15, 0.2) is 28.7 Å². The van der Waals surface area contributed by atoms with Crippen LogP contribution in [0.3, 0.4) is 0 Å². The number of fused-ring (bicyclic) bond motifs is 1. The predicted octanol–water partition coefficient (Wildman–Crippen LogP) is 3.86. The van der Waals surface area contributed by atoms with Gasteiger partial charge in [-0.3, -0.25) is 4.90 Å². The van der Waals surface area contributed by atoms with Gasteiger partial charge < -0.3 is 4.42 Å². The largest absolute Gasteiger partial charge is 0.440 e. The van der Waals surface area contributed by atoms with Crippen LogP contribution in [0.2, 0.25) is 0 Å². The average molecular weight is 335 g/mol. The predicted molar refractivity (Wildman–Crippen MR) is 96.0 cm³/mol. The van der Waals surface area contributed by atoms with Crippen LogP contribution in [0.5, 0.6) is 0 Å². The van der Waals surface area contributed by atoms with E-state index in [2.05, 4.69) is 28.4 Å². The van der Waals surface area contributed by atoms with Gasteiger partial charge in [-0.15, -0.1) is 0 Å². The molecule has 1 aromatic carbocycles. The number of rotatable bonds is 2. The zero-order chi connectivity index (χ0) is 14.8. The van der Waals surface area contributed by atoms with Crippen molar-refractivity contribution in [2.24, 2.45) is 0 Å². The second-order valence-corrected chi connectivity index (χ2v) is 8.46. The fourth-order valence-corrected chi connectivity index (χ4v) is 6.05. The molecule has 118 valence electrons. The number of nitrogens with zero attached hydrogens (tertiary/aromatic N) is 2. The average Bonchev–Trinajstić information content (AvgIpc) is 2.81. The number of hydrogen-bond acceptors (Lipinski definition) is 5. The monoisotopic (exact) mass is 334 g/mol. The smallest absolute Gasteiger partial charge is 0.199 e. The third kappa shape index (κ3) is 3.17. The Morgan fingerprint density at radius 1 is 1.14 bits per heavy atom. The third-order valence-corrected chi connectivity index (χ3v) is 7.11. The highest BCUT2D eigenvalue weighted by Crippen LogP contribution is 2.31. The molecule has 22 heavy (non-hydrogen) atoms. The number of piperidine rings is 1. The summed E-state index contributed by atoms with van der Waals surface area (Å²) in [5.74, 6) is 6.59. The molecule has 0 saturated carbocycles. The first-order valence-electron chi connectivity index (χ1n) is 8.15. The maximum atomic E-state index is 6.02. The Morgan fingerprint density at radius 3 is 2.77 bits per heavy atom. The van der Waals surface area contributed by atoms with Crippen LogP contribution in [0.1, 0.15) is 24.7 Å². The topological polar surface area (TPSA) is 29.3 Å². The minimum absolute atomic E-state index is 0.458. The second-order valence-electron chi connectivity index (χ2n) is 6.16. The normalized spacial score (nSPS) is 25.4. The van der Waals surface area contributed by atoms with Crippen LogP contribution in [-0.4, -0.2) is 52.0 Å². The van der Waals surface area contributed by atoms with Gasteiger partial charge in [0.1, 0.15) is 5.52 Å². The van der Waals surface area contributed by atoms with E-state index >= 15 is 0 Å². The van der Waals surface area contributed by atoms with E-state index in [0.29, 0.717) is 5.92 Å². The molecular formula is C17H22N2OS2. The summed E-state index contributed by atoms with van der Waals surface area (Å²) in [6, 6.07) is 8.84. The molecule has 2 aromatic rings. The van der Waals surface area contributed by atoms with Gasteiger partial charge in [0.05, 0.1) is 0 Å². The number of aromatic nitrogens is 1. The first-order chi connectivity index (χ1) is 10.9. The van der Waals surface area contributed by atoms with E-state index < -0.39 is 0 Å². The van der Waals surface area contributed by atoms with Crippen LogP contribution in [0.25, 0.3) is 11.1 Å². The van der Waals surface area contributed by atoms with Gasteiger partial charge in [0.15, 0.2) is 11.5 Å². The molecule has 0 radical (unpaired) electrons. The zero-order valence-electron chi connectivity index (χ0n) is 12.7. The molecule has 0 N–H and O–H groups in total. The fourth-order valence-electron chi connectivity index (χ4n) is 3.42. The van der Waals surface area contributed by atoms with Crippen molar-refractivity contribution in [1.82, 2.24) is 9.88 Å². The molecule has 0 aliphatic carbocycles. The molecule has 4 rings (SSSR count). The van der Waals surface area contributed by atoms with Crippen molar-refractivity contribution in [3.63, 3.8) is 0 Å². The standard InChI is InChI=1S/C17H22N2OS2/c1-2-6-16-15(5-1)18-17(20-16)13-4-3-7-19(10-13)14-11-21-8-9-22-12-14/h1-2,5-6,13-14H,3-4,7-12H2. The van der Waals surface area contributed by atoms with Crippen molar-refractivity contribution >= 4 is 34.6 Å². The Bertz CT molecular complexity index is 589. The molecule has 0 spiro atoms. The summed E-state index contributed by atoms with van der Waals surface area (Å²) >= 11 is 4.23. The fraction of sp³-hybridized carbons (Fsp3) is 0.588. The summed E-state index contributed by atoms with van der Waals surface area (Å²) in [5.41, 5.74) is 1.92. The molecule has 1 atom stereocenters. The molecule has 2 fully saturated rings. The van der Waals surface area contributed by atoms with Gasteiger partial charge >= 0.3 is 0 Å². The van der Waals surface area contributed by atoms with Crippen molar-refractivity contribution in [2.75, 3.05) is 36.1 Å². The first-order valence-corrected chi connectivity index (χ1v) is 10.5. The van der Waals surface area contributed by atoms with Crippen molar-refractivity contribution in [2.45, 2.75) is 24.8 Å². The summed E-state index contributed by atoms with van der Waals surface area (Å²) in [6.45, 7) is 2.35. The van der Waals surface area contributed by atoms with Crippen molar-refractivity contribution in [3.05, 3.63) is 30.2 Å². The van der Waals surface area contributed by atoms with Crippen LogP contribution < -0.4 is 0 Å². The number of para-hydroxylation sites is 2. The van der Waals surface area contributed by atoms with E-state index in [4.69, 9.17) is 9.40 Å². The van der Waals surface area contributed by atoms with Crippen LogP contribution >= 0.6 is 23.5 Å². The lowest BCUT2D eigenvalue weighted by molar-refractivity contribution is 0.162. The summed E-state index contributed by atoms with van der Waals surface area (Å²) in [7, 11) is 0. The molecule has 0 amide bonds. The molecule has 2 saturated heterocycles. The Labute approximate surface area is 140 Å². The molecule has 2 aliphatic heterocycles. The summed E-state index contributed by atoms with van der Waals surface area (Å²) in [6.07, 6.45) is 2.46. The Kier molecular flexibility index (Phi) is 4.64. The molecule has 3 heterocycles. The second kappa shape index (κ2) is 6.85. The number of benzene rings is 1. The van der Waals surface area contributed by atoms with Crippen LogP contribution in [-0.2, 0) is 0 Å². The lowest BCUT2D eigenvalue weighted by Crippen LogP contribution is -2.44. The van der Waals surface area contributed by atoms with Crippen molar-refractivity contribution in [3.8, 4) is 0 Å². The summed E-state index contributed by atoms with van der Waals surface area (Å²) < 4.78 is 6.02. The van der Waals surface area contributed by atoms with Gasteiger partial charge in [0.2, 0.25) is 0 Å². The van der Waals surface area contributed by atoms with Gasteiger partial charge in [-0.25, -0.2) is 4.98 Å². The van der Waals surface area contributed by atoms with Gasteiger partial charge in [-0.05, 0) is 31.5 Å². The van der Waals surface area contributed by atoms with E-state index in [1.54, 1.807) is 0 Å². The van der Waals surface area contributed by atoms with E-state index in [9.17, 15) is 0 Å². The Morgan fingerprint density at radius 2 is 1.95 bits per heavy atom. The van der Waals surface area contributed by atoms with E-state index in [0.717, 1.165) is 29.6 Å². The maximum Gasteiger partial charge on any atom is 0.199 e. The maximum absolute atomic E-state index is 6.02. The molecule has 3 nitrogen and oxygen atoms in total. The first kappa shape index (κ1) is 14.9. The van der Waals surface area contributed by atoms with E-state index in [-0.39, 0.29) is 0 Å². The number of likely N-dealkylation sites (tertiary alicyclic amines) is 1. The molecule has 0 bridgehead atoms. The molecular weight excluding hydrogens is 312 g/mol. The molecule has 1 unspecified atom stereocenters. The summed E-state index contributed by atoms with van der Waals surface area (Å²) in [4.78, 5) is 7.42. The molecule has 1 aromatic heterocycles. The quantitative estimate of drug-likeness (QED) is 0.832. The van der Waals surface area contributed by atoms with Crippen molar-refractivity contribution < 1.29 is 4.42 Å². The minimum atomic E-state index is 0.458. The number of oxazole rings is 1. The van der Waals surface area contributed by atoms with E-state index in [1.807, 2.05) is 24.3 Å². The third-order valence-electron chi connectivity index (χ3n) is 4.62. The SMILES string of the molecule is c1ccc2oc(C3CCCN(C4CSCCSC4)C3)nc2c1. The van der Waals surface area contributed by atoms with Gasteiger partial charge in [0, 0.05) is 41.5 Å². The highest BCUT2D eigenvalue weighted by Gasteiger charge is 2.30. The number of hydrogen-bond donors (Lipinski definition) is 0. The highest BCUT2D eigenvalue weighted by atomic mass is 32.2. The van der Waals surface area contributed by atoms with Crippen molar-refractivity contribution in [1.29, 1.82) is 0 Å². The zero-order valence-corrected chi connectivity index (χ0v) is 14.4. The van der Waals surface area contributed by atoms with Crippen LogP contribution in [0.4, 0.5) is 0 Å². The molecule has 5 heteroatoms. The number of thioether (sulfide) groups is 2. The Balaban J connectivity index is 1.50. The van der Waals surface area contributed by atoms with E-state index in [1.165, 1.54) is 42.4 Å². The minimum Gasteiger partial charge on any atom is -0.440 e. The Hall–Kier alpha value is -0.650. The lowest BCUT2D eigenvalue weighted by Gasteiger charge is -2.36. The van der Waals surface area contributed by atoms with Crippen LogP contribution in [0, 0.1) is 0 Å². The van der Waals surface area contributed by atoms with Gasteiger partial charge in [-0.2, -0.15) is 23.5 Å². The summed E-state index contributed by atoms with van der Waals surface area (Å²) in [5, 5.41) is 0. The van der Waals surface area contributed by atoms with Gasteiger partial charge in [0.25, 0.3) is 0 Å².